The standard InChI is InChI=1S/C13H18N2O2/c1-10-11(5-7-16-10)9-15(2)12(8-14)13-4-3-6-17-13/h3-7,12H,8-9,14H2,1-2H3. The lowest BCUT2D eigenvalue weighted by molar-refractivity contribution is 0.212. The molecule has 0 fully saturated rings. The van der Waals surface area contributed by atoms with Crippen LogP contribution in [0, 0.1) is 6.92 Å². The Morgan fingerprint density at radius 2 is 2.12 bits per heavy atom. The Kier molecular flexibility index (Phi) is 3.66. The van der Waals surface area contributed by atoms with Crippen molar-refractivity contribution in [2.45, 2.75) is 19.5 Å². The van der Waals surface area contributed by atoms with E-state index < -0.39 is 0 Å². The molecular weight excluding hydrogens is 216 g/mol. The molecule has 0 radical (unpaired) electrons. The number of likely N-dealkylation sites (N-methyl/N-ethyl adjacent to an activating group) is 1. The number of hydrogen-bond donors (Lipinski definition) is 1. The Morgan fingerprint density at radius 3 is 2.65 bits per heavy atom. The van der Waals surface area contributed by atoms with Crippen molar-refractivity contribution in [2.75, 3.05) is 13.6 Å². The number of aryl methyl sites for hydroxylation is 1. The highest BCUT2D eigenvalue weighted by molar-refractivity contribution is 5.16. The molecule has 0 bridgehead atoms. The Morgan fingerprint density at radius 1 is 1.29 bits per heavy atom. The average Bonchev–Trinajstić information content (AvgIpc) is 2.93. The zero-order chi connectivity index (χ0) is 12.3. The van der Waals surface area contributed by atoms with E-state index in [1.54, 1.807) is 12.5 Å². The Hall–Kier alpha value is -1.52. The smallest absolute Gasteiger partial charge is 0.122 e. The molecule has 1 unspecified atom stereocenters. The molecule has 92 valence electrons. The van der Waals surface area contributed by atoms with Gasteiger partial charge in [-0.3, -0.25) is 4.90 Å². The maximum absolute atomic E-state index is 5.81. The van der Waals surface area contributed by atoms with E-state index in [1.807, 2.05) is 32.2 Å². The first-order valence-electron chi connectivity index (χ1n) is 5.69. The van der Waals surface area contributed by atoms with Gasteiger partial charge in [0.05, 0.1) is 18.6 Å². The Labute approximate surface area is 101 Å². The molecule has 4 nitrogen and oxygen atoms in total. The fourth-order valence-corrected chi connectivity index (χ4v) is 1.95. The quantitative estimate of drug-likeness (QED) is 0.862. The number of furan rings is 2. The van der Waals surface area contributed by atoms with E-state index in [0.717, 1.165) is 18.1 Å². The van der Waals surface area contributed by atoms with Crippen molar-refractivity contribution in [3.63, 3.8) is 0 Å². The van der Waals surface area contributed by atoms with Gasteiger partial charge in [0.2, 0.25) is 0 Å². The summed E-state index contributed by atoms with van der Waals surface area (Å²) in [5, 5.41) is 0. The first-order chi connectivity index (χ1) is 8.22. The maximum atomic E-state index is 5.81. The summed E-state index contributed by atoms with van der Waals surface area (Å²) in [5.41, 5.74) is 6.99. The predicted molar refractivity (Wildman–Crippen MR) is 65.4 cm³/mol. The minimum Gasteiger partial charge on any atom is -0.469 e. The van der Waals surface area contributed by atoms with Crippen LogP contribution >= 0.6 is 0 Å². The fraction of sp³-hybridized carbons (Fsp3) is 0.385. The molecule has 2 aromatic heterocycles. The zero-order valence-electron chi connectivity index (χ0n) is 10.2. The topological polar surface area (TPSA) is 55.5 Å². The molecular formula is C13H18N2O2. The van der Waals surface area contributed by atoms with E-state index >= 15 is 0 Å². The number of nitrogens with zero attached hydrogens (tertiary/aromatic N) is 1. The van der Waals surface area contributed by atoms with Crippen LogP contribution in [-0.4, -0.2) is 18.5 Å². The van der Waals surface area contributed by atoms with E-state index in [9.17, 15) is 0 Å². The van der Waals surface area contributed by atoms with Gasteiger partial charge in [0.1, 0.15) is 11.5 Å². The zero-order valence-corrected chi connectivity index (χ0v) is 10.2. The molecule has 0 spiro atoms. The summed E-state index contributed by atoms with van der Waals surface area (Å²) in [5.74, 6) is 1.85. The van der Waals surface area contributed by atoms with E-state index in [0.29, 0.717) is 6.54 Å². The molecule has 0 saturated carbocycles. The van der Waals surface area contributed by atoms with Gasteiger partial charge < -0.3 is 14.6 Å². The van der Waals surface area contributed by atoms with Crippen molar-refractivity contribution >= 4 is 0 Å². The van der Waals surface area contributed by atoms with E-state index in [-0.39, 0.29) is 6.04 Å². The second-order valence-corrected chi connectivity index (χ2v) is 4.18. The van der Waals surface area contributed by atoms with Crippen LogP contribution in [0.15, 0.2) is 39.6 Å². The lowest BCUT2D eigenvalue weighted by atomic mass is 10.1. The first-order valence-corrected chi connectivity index (χ1v) is 5.69. The van der Waals surface area contributed by atoms with Gasteiger partial charge in [-0.1, -0.05) is 0 Å². The third-order valence-corrected chi connectivity index (χ3v) is 3.01. The fourth-order valence-electron chi connectivity index (χ4n) is 1.95. The van der Waals surface area contributed by atoms with Crippen LogP contribution in [0.5, 0.6) is 0 Å². The summed E-state index contributed by atoms with van der Waals surface area (Å²) in [6, 6.07) is 5.92. The van der Waals surface area contributed by atoms with E-state index in [1.165, 1.54) is 5.56 Å². The lowest BCUT2D eigenvalue weighted by Crippen LogP contribution is -2.29. The predicted octanol–water partition coefficient (Wildman–Crippen LogP) is 2.31. The summed E-state index contributed by atoms with van der Waals surface area (Å²) in [4.78, 5) is 2.16. The van der Waals surface area contributed by atoms with Crippen LogP contribution in [0.4, 0.5) is 0 Å². The Bertz CT molecular complexity index is 448. The SMILES string of the molecule is Cc1occc1CN(C)C(CN)c1ccco1. The highest BCUT2D eigenvalue weighted by Crippen LogP contribution is 2.21. The van der Waals surface area contributed by atoms with E-state index in [2.05, 4.69) is 4.90 Å². The molecule has 0 aromatic carbocycles. The number of rotatable bonds is 5. The first kappa shape index (κ1) is 12.0. The molecule has 4 heteroatoms. The number of hydrogen-bond acceptors (Lipinski definition) is 4. The molecule has 0 aliphatic heterocycles. The molecule has 0 saturated heterocycles. The summed E-state index contributed by atoms with van der Waals surface area (Å²) < 4.78 is 10.7. The maximum Gasteiger partial charge on any atom is 0.122 e. The van der Waals surface area contributed by atoms with Gasteiger partial charge in [0.15, 0.2) is 0 Å². The summed E-state index contributed by atoms with van der Waals surface area (Å²) in [7, 11) is 2.03. The van der Waals surface area contributed by atoms with Crippen LogP contribution in [0.1, 0.15) is 23.1 Å². The van der Waals surface area contributed by atoms with Crippen LogP contribution in [-0.2, 0) is 6.54 Å². The molecule has 2 aromatic rings. The summed E-state index contributed by atoms with van der Waals surface area (Å²) >= 11 is 0. The second-order valence-electron chi connectivity index (χ2n) is 4.18. The van der Waals surface area contributed by atoms with Crippen molar-refractivity contribution in [1.29, 1.82) is 0 Å². The van der Waals surface area contributed by atoms with Crippen molar-refractivity contribution < 1.29 is 8.83 Å². The van der Waals surface area contributed by atoms with Gasteiger partial charge in [-0.05, 0) is 32.2 Å². The monoisotopic (exact) mass is 234 g/mol. The molecule has 1 atom stereocenters. The van der Waals surface area contributed by atoms with E-state index in [4.69, 9.17) is 14.6 Å². The van der Waals surface area contributed by atoms with Gasteiger partial charge in [-0.25, -0.2) is 0 Å². The van der Waals surface area contributed by atoms with Crippen molar-refractivity contribution in [1.82, 2.24) is 4.90 Å². The molecule has 17 heavy (non-hydrogen) atoms. The van der Waals surface area contributed by atoms with Gasteiger partial charge in [-0.2, -0.15) is 0 Å². The molecule has 0 amide bonds. The average molecular weight is 234 g/mol. The second kappa shape index (κ2) is 5.21. The third kappa shape index (κ3) is 2.60. The normalized spacial score (nSPS) is 13.2. The molecule has 0 aliphatic rings. The van der Waals surface area contributed by atoms with Crippen LogP contribution in [0.3, 0.4) is 0 Å². The third-order valence-electron chi connectivity index (χ3n) is 3.01. The highest BCUT2D eigenvalue weighted by atomic mass is 16.3. The van der Waals surface area contributed by atoms with Crippen molar-refractivity contribution in [2.24, 2.45) is 5.73 Å². The van der Waals surface area contributed by atoms with Crippen LogP contribution in [0.25, 0.3) is 0 Å². The molecule has 2 heterocycles. The van der Waals surface area contributed by atoms with Crippen LogP contribution in [0.2, 0.25) is 0 Å². The lowest BCUT2D eigenvalue weighted by Gasteiger charge is -2.24. The summed E-state index contributed by atoms with van der Waals surface area (Å²) in [6.07, 6.45) is 3.39. The van der Waals surface area contributed by atoms with Gasteiger partial charge in [0, 0.05) is 18.7 Å². The van der Waals surface area contributed by atoms with Crippen molar-refractivity contribution in [3.05, 3.63) is 47.8 Å². The molecule has 2 rings (SSSR count). The van der Waals surface area contributed by atoms with Crippen molar-refractivity contribution in [3.8, 4) is 0 Å². The molecule has 2 N–H and O–H groups in total. The number of nitrogens with two attached hydrogens (primary N) is 1. The van der Waals surface area contributed by atoms with Crippen LogP contribution < -0.4 is 5.73 Å². The summed E-state index contributed by atoms with van der Waals surface area (Å²) in [6.45, 7) is 3.29. The minimum atomic E-state index is 0.0966. The largest absolute Gasteiger partial charge is 0.469 e. The molecule has 0 aliphatic carbocycles. The highest BCUT2D eigenvalue weighted by Gasteiger charge is 2.19. The Balaban J connectivity index is 2.08. The minimum absolute atomic E-state index is 0.0966. The van der Waals surface area contributed by atoms with Gasteiger partial charge in [-0.15, -0.1) is 0 Å². The van der Waals surface area contributed by atoms with Gasteiger partial charge >= 0.3 is 0 Å². The van der Waals surface area contributed by atoms with Gasteiger partial charge in [0.25, 0.3) is 0 Å².